The van der Waals surface area contributed by atoms with E-state index in [1.165, 1.54) is 13.8 Å². The molecule has 0 aromatic heterocycles. The molecule has 0 aromatic rings. The molecule has 0 aromatic carbocycles. The lowest BCUT2D eigenvalue weighted by Gasteiger charge is -2.47. The Kier molecular flexibility index (Phi) is 8.44. The molecule has 3 fully saturated rings. The van der Waals surface area contributed by atoms with Gasteiger partial charge in [0.15, 0.2) is 18.9 Å². The monoisotopic (exact) mass is 472 g/mol. The molecule has 188 valence electrons. The average molecular weight is 472 g/mol. The van der Waals surface area contributed by atoms with Gasteiger partial charge >= 0.3 is 0 Å². The highest BCUT2D eigenvalue weighted by molar-refractivity contribution is 4.95. The van der Waals surface area contributed by atoms with Gasteiger partial charge in [-0.1, -0.05) is 0 Å². The summed E-state index contributed by atoms with van der Waals surface area (Å²) >= 11 is 0. The molecule has 14 heteroatoms. The lowest BCUT2D eigenvalue weighted by molar-refractivity contribution is -0.384. The van der Waals surface area contributed by atoms with E-state index in [1.54, 1.807) is 0 Å². The third kappa shape index (κ3) is 4.94. The van der Waals surface area contributed by atoms with E-state index in [4.69, 9.17) is 23.7 Å². The predicted molar refractivity (Wildman–Crippen MR) is 98.4 cm³/mol. The zero-order valence-corrected chi connectivity index (χ0v) is 17.4. The quantitative estimate of drug-likeness (QED) is 0.182. The second-order valence-electron chi connectivity index (χ2n) is 8.30. The number of rotatable bonds is 5. The normalized spacial score (nSPS) is 55.0. The van der Waals surface area contributed by atoms with E-state index >= 15 is 0 Å². The van der Waals surface area contributed by atoms with Crippen LogP contribution >= 0.6 is 0 Å². The molecule has 3 rings (SSSR count). The van der Waals surface area contributed by atoms with Crippen molar-refractivity contribution in [1.82, 2.24) is 0 Å². The van der Waals surface area contributed by atoms with Gasteiger partial charge in [-0.3, -0.25) is 0 Å². The minimum absolute atomic E-state index is 0.708. The number of aliphatic hydroxyl groups excluding tert-OH is 9. The Balaban J connectivity index is 1.79. The second-order valence-corrected chi connectivity index (χ2v) is 8.30. The molecule has 0 saturated carbocycles. The van der Waals surface area contributed by atoms with Crippen molar-refractivity contribution >= 4 is 0 Å². The van der Waals surface area contributed by atoms with E-state index < -0.39 is 98.7 Å². The summed E-state index contributed by atoms with van der Waals surface area (Å²) in [4.78, 5) is 0. The Labute approximate surface area is 183 Å². The molecule has 15 atom stereocenters. The summed E-state index contributed by atoms with van der Waals surface area (Å²) in [6.07, 6.45) is -22.6. The van der Waals surface area contributed by atoms with Gasteiger partial charge in [0.05, 0.1) is 18.8 Å². The standard InChI is InChI=1S/C18H32O14/c1-4-7(20)10(23)12(25)17(29-4)32-15-14(8(21)5(2)28-16(15)27)31-18-13(26)11(24)9(22)6(3-19)30-18/h4-27H,3H2,1-2H3/t4-,5-,6+,7+,8-,9+,10+,11-,12-,13-,14+,15+,16+,17-,18+/m0/s1. The highest BCUT2D eigenvalue weighted by atomic mass is 16.8. The minimum Gasteiger partial charge on any atom is -0.394 e. The molecule has 3 aliphatic rings. The van der Waals surface area contributed by atoms with Crippen LogP contribution in [0.5, 0.6) is 0 Å². The van der Waals surface area contributed by atoms with E-state index in [2.05, 4.69) is 0 Å². The number of aliphatic hydroxyl groups is 9. The van der Waals surface area contributed by atoms with Crippen molar-refractivity contribution in [1.29, 1.82) is 0 Å². The zero-order valence-electron chi connectivity index (χ0n) is 17.4. The highest BCUT2D eigenvalue weighted by Crippen LogP contribution is 2.32. The Morgan fingerprint density at radius 3 is 1.66 bits per heavy atom. The SMILES string of the molecule is C[C@@H]1O[C@@H](O)[C@H](O[C@@H]2O[C@@H](C)[C@@H](O)[C@@H](O)[C@@H]2O)[C@H](O[C@H]2O[C@H](CO)[C@@H](O)[C@H](O)[C@@H]2O)[C@H]1O. The van der Waals surface area contributed by atoms with Gasteiger partial charge in [0.1, 0.15) is 61.0 Å². The van der Waals surface area contributed by atoms with Crippen LogP contribution in [-0.2, 0) is 23.7 Å². The Bertz CT molecular complexity index is 608. The summed E-state index contributed by atoms with van der Waals surface area (Å²) in [5.41, 5.74) is 0. The summed E-state index contributed by atoms with van der Waals surface area (Å²) in [6.45, 7) is 2.13. The van der Waals surface area contributed by atoms with E-state index in [0.717, 1.165) is 0 Å². The van der Waals surface area contributed by atoms with Crippen LogP contribution in [0.2, 0.25) is 0 Å². The number of hydrogen-bond acceptors (Lipinski definition) is 14. The number of hydrogen-bond donors (Lipinski definition) is 9. The molecule has 3 aliphatic heterocycles. The highest BCUT2D eigenvalue weighted by Gasteiger charge is 2.52. The Morgan fingerprint density at radius 2 is 1.06 bits per heavy atom. The zero-order chi connectivity index (χ0) is 23.9. The van der Waals surface area contributed by atoms with Crippen molar-refractivity contribution in [2.24, 2.45) is 0 Å². The number of ether oxygens (including phenoxy) is 5. The van der Waals surface area contributed by atoms with Crippen molar-refractivity contribution < 1.29 is 69.6 Å². The van der Waals surface area contributed by atoms with Crippen LogP contribution in [0.25, 0.3) is 0 Å². The molecule has 9 N–H and O–H groups in total. The van der Waals surface area contributed by atoms with Gasteiger partial charge in [-0.2, -0.15) is 0 Å². The van der Waals surface area contributed by atoms with Crippen molar-refractivity contribution in [3.8, 4) is 0 Å². The van der Waals surface area contributed by atoms with Crippen LogP contribution in [0.1, 0.15) is 13.8 Å². The van der Waals surface area contributed by atoms with Gasteiger partial charge in [-0.05, 0) is 13.8 Å². The van der Waals surface area contributed by atoms with Crippen LogP contribution in [0.3, 0.4) is 0 Å². The molecule has 0 aliphatic carbocycles. The third-order valence-electron chi connectivity index (χ3n) is 6.02. The van der Waals surface area contributed by atoms with Crippen molar-refractivity contribution in [3.05, 3.63) is 0 Å². The molecule has 0 spiro atoms. The predicted octanol–water partition coefficient (Wildman–Crippen LogP) is -5.52. The van der Waals surface area contributed by atoms with E-state index in [-0.39, 0.29) is 0 Å². The van der Waals surface area contributed by atoms with E-state index in [9.17, 15) is 46.0 Å². The van der Waals surface area contributed by atoms with Crippen molar-refractivity contribution in [2.75, 3.05) is 6.61 Å². The lowest BCUT2D eigenvalue weighted by Crippen LogP contribution is -2.66. The molecule has 32 heavy (non-hydrogen) atoms. The molecular formula is C18H32O14. The summed E-state index contributed by atoms with van der Waals surface area (Å²) < 4.78 is 27.0. The molecule has 3 saturated heterocycles. The molecule has 0 amide bonds. The summed E-state index contributed by atoms with van der Waals surface area (Å²) in [5, 5.41) is 90.5. The maximum atomic E-state index is 10.6. The van der Waals surface area contributed by atoms with Gasteiger partial charge in [0.2, 0.25) is 0 Å². The van der Waals surface area contributed by atoms with Crippen LogP contribution < -0.4 is 0 Å². The van der Waals surface area contributed by atoms with Gasteiger partial charge < -0.3 is 69.6 Å². The average Bonchev–Trinajstić information content (AvgIpc) is 2.76. The second kappa shape index (κ2) is 10.4. The first-order chi connectivity index (χ1) is 15.0. The summed E-state index contributed by atoms with van der Waals surface area (Å²) in [7, 11) is 0. The van der Waals surface area contributed by atoms with Crippen LogP contribution in [0.4, 0.5) is 0 Å². The summed E-state index contributed by atoms with van der Waals surface area (Å²) in [6, 6.07) is 0. The molecule has 14 nitrogen and oxygen atoms in total. The fraction of sp³-hybridized carbons (Fsp3) is 1.00. The van der Waals surface area contributed by atoms with Crippen molar-refractivity contribution in [3.63, 3.8) is 0 Å². The Hall–Kier alpha value is -0.560. The maximum absolute atomic E-state index is 10.6. The fourth-order valence-electron chi connectivity index (χ4n) is 3.92. The molecular weight excluding hydrogens is 440 g/mol. The van der Waals surface area contributed by atoms with Gasteiger partial charge in [-0.15, -0.1) is 0 Å². The smallest absolute Gasteiger partial charge is 0.187 e. The first-order valence-corrected chi connectivity index (χ1v) is 10.3. The van der Waals surface area contributed by atoms with Gasteiger partial charge in [0.25, 0.3) is 0 Å². The first kappa shape index (κ1) is 26.1. The molecule has 0 radical (unpaired) electrons. The largest absolute Gasteiger partial charge is 0.394 e. The third-order valence-corrected chi connectivity index (χ3v) is 6.02. The van der Waals surface area contributed by atoms with Gasteiger partial charge in [0, 0.05) is 0 Å². The van der Waals surface area contributed by atoms with Crippen LogP contribution in [0, 0.1) is 0 Å². The summed E-state index contributed by atoms with van der Waals surface area (Å²) in [5.74, 6) is 0. The Morgan fingerprint density at radius 1 is 0.562 bits per heavy atom. The first-order valence-electron chi connectivity index (χ1n) is 10.3. The maximum Gasteiger partial charge on any atom is 0.187 e. The van der Waals surface area contributed by atoms with Crippen LogP contribution in [0.15, 0.2) is 0 Å². The van der Waals surface area contributed by atoms with Crippen molar-refractivity contribution in [2.45, 2.75) is 106 Å². The van der Waals surface area contributed by atoms with E-state index in [1.807, 2.05) is 0 Å². The molecule has 0 bridgehead atoms. The molecule has 0 unspecified atom stereocenters. The fourth-order valence-corrected chi connectivity index (χ4v) is 3.92. The van der Waals surface area contributed by atoms with Gasteiger partial charge in [-0.25, -0.2) is 0 Å². The lowest BCUT2D eigenvalue weighted by atomic mass is 9.96. The minimum atomic E-state index is -1.79. The molecule has 3 heterocycles. The van der Waals surface area contributed by atoms with E-state index in [0.29, 0.717) is 0 Å². The topological polar surface area (TPSA) is 228 Å². The van der Waals surface area contributed by atoms with Crippen LogP contribution in [-0.4, -0.2) is 145 Å².